The molecular weight excluding hydrogens is 260 g/mol. The minimum atomic E-state index is -0.851. The van der Waals surface area contributed by atoms with Crippen LogP contribution in [0.5, 0.6) is 0 Å². The molecule has 0 aliphatic carbocycles. The molecule has 1 aliphatic rings. The predicted octanol–water partition coefficient (Wildman–Crippen LogP) is -0.383. The molecule has 2 heterocycles. The van der Waals surface area contributed by atoms with Gasteiger partial charge in [0.05, 0.1) is 18.8 Å². The molecule has 0 saturated carbocycles. The second kappa shape index (κ2) is 4.69. The molecule has 1 unspecified atom stereocenters. The lowest BCUT2D eigenvalue weighted by atomic mass is 10.2. The molecule has 0 radical (unpaired) electrons. The fraction of sp³-hybridized carbons (Fsp3) is 0.300. The number of imide groups is 1. The van der Waals surface area contributed by atoms with Crippen molar-refractivity contribution in [1.82, 2.24) is 20.2 Å². The van der Waals surface area contributed by atoms with Crippen LogP contribution in [0.1, 0.15) is 16.9 Å². The lowest BCUT2D eigenvalue weighted by Gasteiger charge is -2.10. The van der Waals surface area contributed by atoms with E-state index < -0.39 is 17.9 Å². The number of carbonyl (C=O) groups is 3. The number of hydrogen-bond donors (Lipinski definition) is 1. The Labute approximate surface area is 107 Å². The number of hydrogen-bond acceptors (Lipinski definition) is 5. The van der Waals surface area contributed by atoms with Crippen molar-refractivity contribution in [2.24, 2.45) is 0 Å². The number of nitrogens with one attached hydrogen (secondary N) is 1. The van der Waals surface area contributed by atoms with Crippen molar-refractivity contribution in [1.29, 1.82) is 0 Å². The summed E-state index contributed by atoms with van der Waals surface area (Å²) in [7, 11) is 1.37. The summed E-state index contributed by atoms with van der Waals surface area (Å²) in [4.78, 5) is 43.1. The van der Waals surface area contributed by atoms with Crippen LogP contribution in [0, 0.1) is 0 Å². The number of aromatic nitrogens is 2. The van der Waals surface area contributed by atoms with Crippen molar-refractivity contribution in [2.75, 3.05) is 7.05 Å². The van der Waals surface area contributed by atoms with Gasteiger partial charge in [-0.2, -0.15) is 0 Å². The number of nitrogens with zero attached hydrogens (tertiary/aromatic N) is 3. The molecule has 94 valence electrons. The van der Waals surface area contributed by atoms with E-state index in [1.807, 2.05) is 0 Å². The molecule has 8 heteroatoms. The smallest absolute Gasteiger partial charge is 0.272 e. The first-order chi connectivity index (χ1) is 8.49. The summed E-state index contributed by atoms with van der Waals surface area (Å²) in [5, 5.41) is 2.50. The highest BCUT2D eigenvalue weighted by Crippen LogP contribution is 2.11. The Morgan fingerprint density at radius 2 is 2.22 bits per heavy atom. The van der Waals surface area contributed by atoms with Gasteiger partial charge in [-0.25, -0.2) is 4.98 Å². The molecule has 1 aliphatic heterocycles. The summed E-state index contributed by atoms with van der Waals surface area (Å²) in [6, 6.07) is -0.851. The van der Waals surface area contributed by atoms with Crippen molar-refractivity contribution in [3.63, 3.8) is 0 Å². The number of carbonyl (C=O) groups excluding carboxylic acids is 3. The summed E-state index contributed by atoms with van der Waals surface area (Å²) in [6.07, 6.45) is 2.47. The molecule has 0 aromatic carbocycles. The lowest BCUT2D eigenvalue weighted by molar-refractivity contribution is -0.137. The van der Waals surface area contributed by atoms with E-state index in [9.17, 15) is 14.4 Å². The summed E-state index contributed by atoms with van der Waals surface area (Å²) in [5.74, 6) is -1.36. The van der Waals surface area contributed by atoms with E-state index in [2.05, 4.69) is 15.3 Å². The number of likely N-dealkylation sites (tertiary alicyclic amines) is 1. The van der Waals surface area contributed by atoms with Gasteiger partial charge in [0.15, 0.2) is 0 Å². The van der Waals surface area contributed by atoms with E-state index in [0.717, 1.165) is 4.90 Å². The van der Waals surface area contributed by atoms with Crippen LogP contribution < -0.4 is 5.32 Å². The van der Waals surface area contributed by atoms with Crippen LogP contribution >= 0.6 is 11.6 Å². The SMILES string of the molecule is CN1C(=O)CC(NC(=O)c2cncc(Cl)n2)C1=O. The van der Waals surface area contributed by atoms with Crippen molar-refractivity contribution >= 4 is 29.3 Å². The van der Waals surface area contributed by atoms with E-state index in [1.54, 1.807) is 0 Å². The molecule has 2 rings (SSSR count). The molecule has 1 N–H and O–H groups in total. The maximum Gasteiger partial charge on any atom is 0.272 e. The third-order valence-electron chi connectivity index (χ3n) is 2.52. The highest BCUT2D eigenvalue weighted by Gasteiger charge is 2.37. The zero-order chi connectivity index (χ0) is 13.3. The summed E-state index contributed by atoms with van der Waals surface area (Å²) in [5.41, 5.74) is -0.00250. The zero-order valence-corrected chi connectivity index (χ0v) is 10.1. The maximum absolute atomic E-state index is 11.8. The Hall–Kier alpha value is -2.02. The molecule has 0 spiro atoms. The zero-order valence-electron chi connectivity index (χ0n) is 9.38. The maximum atomic E-state index is 11.8. The van der Waals surface area contributed by atoms with Gasteiger partial charge < -0.3 is 5.32 Å². The highest BCUT2D eigenvalue weighted by molar-refractivity contribution is 6.29. The molecule has 3 amide bonds. The van der Waals surface area contributed by atoms with Crippen molar-refractivity contribution in [3.8, 4) is 0 Å². The van der Waals surface area contributed by atoms with Gasteiger partial charge in [-0.05, 0) is 0 Å². The molecule has 1 aromatic rings. The van der Waals surface area contributed by atoms with Crippen LogP contribution in [0.3, 0.4) is 0 Å². The van der Waals surface area contributed by atoms with E-state index in [-0.39, 0.29) is 23.2 Å². The lowest BCUT2D eigenvalue weighted by Crippen LogP contribution is -2.41. The van der Waals surface area contributed by atoms with Gasteiger partial charge >= 0.3 is 0 Å². The normalized spacial score (nSPS) is 19.2. The van der Waals surface area contributed by atoms with Gasteiger partial charge in [0.1, 0.15) is 16.9 Å². The molecule has 1 fully saturated rings. The Morgan fingerprint density at radius 3 is 2.78 bits per heavy atom. The quantitative estimate of drug-likeness (QED) is 0.738. The van der Waals surface area contributed by atoms with Crippen LogP contribution in [-0.4, -0.2) is 45.7 Å². The first-order valence-electron chi connectivity index (χ1n) is 5.08. The van der Waals surface area contributed by atoms with Gasteiger partial charge in [0, 0.05) is 7.05 Å². The number of halogens is 1. The summed E-state index contributed by atoms with van der Waals surface area (Å²) < 4.78 is 0. The van der Waals surface area contributed by atoms with Gasteiger partial charge in [0.25, 0.3) is 11.8 Å². The van der Waals surface area contributed by atoms with E-state index in [4.69, 9.17) is 11.6 Å². The molecule has 0 bridgehead atoms. The Kier molecular flexibility index (Phi) is 3.24. The largest absolute Gasteiger partial charge is 0.338 e. The monoisotopic (exact) mass is 268 g/mol. The van der Waals surface area contributed by atoms with Crippen LogP contribution in [0.2, 0.25) is 5.15 Å². The Bertz CT molecular complexity index is 534. The topological polar surface area (TPSA) is 92.3 Å². The average molecular weight is 269 g/mol. The average Bonchev–Trinajstić information content (AvgIpc) is 2.57. The van der Waals surface area contributed by atoms with Crippen molar-refractivity contribution < 1.29 is 14.4 Å². The summed E-state index contributed by atoms with van der Waals surface area (Å²) >= 11 is 5.60. The molecule has 1 saturated heterocycles. The molecule has 1 atom stereocenters. The second-order valence-electron chi connectivity index (χ2n) is 3.75. The third-order valence-corrected chi connectivity index (χ3v) is 2.71. The first kappa shape index (κ1) is 12.4. The number of amides is 3. The first-order valence-corrected chi connectivity index (χ1v) is 5.45. The number of likely N-dealkylation sites (N-methyl/N-ethyl adjacent to an activating group) is 1. The molecular formula is C10H9ClN4O3. The van der Waals surface area contributed by atoms with Crippen molar-refractivity contribution in [3.05, 3.63) is 23.2 Å². The van der Waals surface area contributed by atoms with Crippen LogP contribution in [0.25, 0.3) is 0 Å². The fourth-order valence-electron chi connectivity index (χ4n) is 1.55. The van der Waals surface area contributed by atoms with E-state index in [0.29, 0.717) is 0 Å². The summed E-state index contributed by atoms with van der Waals surface area (Å²) in [6.45, 7) is 0. The Morgan fingerprint density at radius 1 is 1.50 bits per heavy atom. The Balaban J connectivity index is 2.09. The van der Waals surface area contributed by atoms with E-state index in [1.165, 1.54) is 19.4 Å². The minimum absolute atomic E-state index is 0.00250. The highest BCUT2D eigenvalue weighted by atomic mass is 35.5. The predicted molar refractivity (Wildman–Crippen MR) is 60.7 cm³/mol. The standard InChI is InChI=1S/C10H9ClN4O3/c1-15-8(16)2-5(10(15)18)14-9(17)6-3-12-4-7(11)13-6/h3-5H,2H2,1H3,(H,14,17). The molecule has 7 nitrogen and oxygen atoms in total. The second-order valence-corrected chi connectivity index (χ2v) is 4.14. The van der Waals surface area contributed by atoms with E-state index >= 15 is 0 Å². The number of rotatable bonds is 2. The van der Waals surface area contributed by atoms with Crippen LogP contribution in [-0.2, 0) is 9.59 Å². The molecule has 18 heavy (non-hydrogen) atoms. The van der Waals surface area contributed by atoms with Crippen LogP contribution in [0.4, 0.5) is 0 Å². The van der Waals surface area contributed by atoms with Gasteiger partial charge in [-0.15, -0.1) is 0 Å². The van der Waals surface area contributed by atoms with Gasteiger partial charge in [-0.3, -0.25) is 24.3 Å². The fourth-order valence-corrected chi connectivity index (χ4v) is 1.70. The van der Waals surface area contributed by atoms with Crippen molar-refractivity contribution in [2.45, 2.75) is 12.5 Å². The minimum Gasteiger partial charge on any atom is -0.338 e. The molecule has 1 aromatic heterocycles. The van der Waals surface area contributed by atoms with Gasteiger partial charge in [0.2, 0.25) is 5.91 Å². The van der Waals surface area contributed by atoms with Crippen LogP contribution in [0.15, 0.2) is 12.4 Å². The van der Waals surface area contributed by atoms with Gasteiger partial charge in [-0.1, -0.05) is 11.6 Å². The third kappa shape index (κ3) is 2.30.